The van der Waals surface area contributed by atoms with Gasteiger partial charge in [-0.2, -0.15) is 0 Å². The van der Waals surface area contributed by atoms with E-state index in [1.165, 1.54) is 6.08 Å². The molecule has 1 unspecified atom stereocenters. The molecule has 0 aromatic heterocycles. The van der Waals surface area contributed by atoms with Gasteiger partial charge in [0, 0.05) is 38.7 Å². The summed E-state index contributed by atoms with van der Waals surface area (Å²) < 4.78 is 0. The number of nitrogens with zero attached hydrogens (tertiary/aromatic N) is 1. The maximum absolute atomic E-state index is 12.3. The second-order valence-electron chi connectivity index (χ2n) is 6.30. The molecule has 0 radical (unpaired) electrons. The summed E-state index contributed by atoms with van der Waals surface area (Å²) >= 11 is 0. The van der Waals surface area contributed by atoms with Gasteiger partial charge in [0.2, 0.25) is 11.8 Å². The van der Waals surface area contributed by atoms with Crippen molar-refractivity contribution in [3.63, 3.8) is 0 Å². The minimum absolute atomic E-state index is 0.0927. The fraction of sp³-hybridized carbons (Fsp3) is 0.421. The molecule has 0 bridgehead atoms. The molecular formula is C19H25N3O3. The Bertz CT molecular complexity index is 640. The fourth-order valence-corrected chi connectivity index (χ4v) is 2.89. The van der Waals surface area contributed by atoms with Crippen LogP contribution in [0.15, 0.2) is 36.9 Å². The summed E-state index contributed by atoms with van der Waals surface area (Å²) in [4.78, 5) is 36.7. The van der Waals surface area contributed by atoms with Crippen LogP contribution in [0.3, 0.4) is 0 Å². The van der Waals surface area contributed by atoms with Crippen LogP contribution in [0.1, 0.15) is 35.7 Å². The van der Waals surface area contributed by atoms with Crippen LogP contribution in [0, 0.1) is 5.92 Å². The number of carbonyl (C=O) groups is 3. The lowest BCUT2D eigenvalue weighted by molar-refractivity contribution is -0.130. The minimum atomic E-state index is -0.228. The Hall–Kier alpha value is -2.63. The first kappa shape index (κ1) is 18.7. The Labute approximate surface area is 148 Å². The maximum atomic E-state index is 12.3. The molecule has 1 aliphatic rings. The van der Waals surface area contributed by atoms with E-state index in [9.17, 15) is 14.4 Å². The number of likely N-dealkylation sites (tertiary alicyclic amines) is 1. The summed E-state index contributed by atoms with van der Waals surface area (Å²) in [5.41, 5.74) is 1.49. The highest BCUT2D eigenvalue weighted by atomic mass is 16.2. The van der Waals surface area contributed by atoms with Gasteiger partial charge in [0.15, 0.2) is 0 Å². The predicted molar refractivity (Wildman–Crippen MR) is 95.8 cm³/mol. The fourth-order valence-electron chi connectivity index (χ4n) is 2.89. The smallest absolute Gasteiger partial charge is 0.251 e. The van der Waals surface area contributed by atoms with Gasteiger partial charge in [0.25, 0.3) is 5.91 Å². The zero-order valence-corrected chi connectivity index (χ0v) is 14.6. The number of carbonyl (C=O) groups excluding carboxylic acids is 3. The molecule has 2 rings (SSSR count). The van der Waals surface area contributed by atoms with Crippen molar-refractivity contribution in [3.05, 3.63) is 48.0 Å². The number of amides is 3. The van der Waals surface area contributed by atoms with E-state index in [1.807, 2.05) is 17.0 Å². The standard InChI is InChI=1S/C19H25N3O3/c1-3-18(24)20-11-15-6-8-17(9-7-15)19(25)21-12-16-5-4-10-22(13-16)14(2)23/h3,6-9,16H,1,4-5,10-13H2,2H3,(H,20,24)(H,21,25). The van der Waals surface area contributed by atoms with Gasteiger partial charge in [0.1, 0.15) is 0 Å². The van der Waals surface area contributed by atoms with Crippen molar-refractivity contribution >= 4 is 17.7 Å². The van der Waals surface area contributed by atoms with Crippen LogP contribution in [-0.2, 0) is 16.1 Å². The van der Waals surface area contributed by atoms with E-state index in [0.29, 0.717) is 31.1 Å². The number of rotatable bonds is 6. The maximum Gasteiger partial charge on any atom is 0.251 e. The first-order valence-electron chi connectivity index (χ1n) is 8.52. The summed E-state index contributed by atoms with van der Waals surface area (Å²) in [6.45, 7) is 7.46. The zero-order valence-electron chi connectivity index (χ0n) is 14.6. The molecule has 6 heteroatoms. The Morgan fingerprint density at radius 3 is 2.60 bits per heavy atom. The first-order chi connectivity index (χ1) is 12.0. The third-order valence-electron chi connectivity index (χ3n) is 4.38. The lowest BCUT2D eigenvalue weighted by atomic mass is 9.98. The van der Waals surface area contributed by atoms with E-state index in [2.05, 4.69) is 17.2 Å². The van der Waals surface area contributed by atoms with Gasteiger partial charge in [-0.1, -0.05) is 18.7 Å². The highest BCUT2D eigenvalue weighted by Gasteiger charge is 2.21. The summed E-state index contributed by atoms with van der Waals surface area (Å²) in [6.07, 6.45) is 3.22. The monoisotopic (exact) mass is 343 g/mol. The Balaban J connectivity index is 1.81. The van der Waals surface area contributed by atoms with Crippen LogP contribution < -0.4 is 10.6 Å². The minimum Gasteiger partial charge on any atom is -0.352 e. The molecule has 134 valence electrons. The van der Waals surface area contributed by atoms with Crippen molar-refractivity contribution in [3.8, 4) is 0 Å². The van der Waals surface area contributed by atoms with E-state index in [-0.39, 0.29) is 17.7 Å². The van der Waals surface area contributed by atoms with Gasteiger partial charge in [-0.25, -0.2) is 0 Å². The van der Waals surface area contributed by atoms with Crippen molar-refractivity contribution < 1.29 is 14.4 Å². The largest absolute Gasteiger partial charge is 0.352 e. The number of hydrogen-bond acceptors (Lipinski definition) is 3. The lowest BCUT2D eigenvalue weighted by Crippen LogP contribution is -2.42. The topological polar surface area (TPSA) is 78.5 Å². The van der Waals surface area contributed by atoms with E-state index in [1.54, 1.807) is 19.1 Å². The molecule has 1 fully saturated rings. The molecule has 1 saturated heterocycles. The van der Waals surface area contributed by atoms with Crippen LogP contribution in [0.4, 0.5) is 0 Å². The number of benzene rings is 1. The Kier molecular flexibility index (Phi) is 6.74. The predicted octanol–water partition coefficient (Wildman–Crippen LogP) is 1.48. The van der Waals surface area contributed by atoms with Crippen LogP contribution in [0.2, 0.25) is 0 Å². The molecule has 25 heavy (non-hydrogen) atoms. The van der Waals surface area contributed by atoms with E-state index in [0.717, 1.165) is 24.9 Å². The lowest BCUT2D eigenvalue weighted by Gasteiger charge is -2.32. The van der Waals surface area contributed by atoms with Gasteiger partial charge in [-0.3, -0.25) is 14.4 Å². The average Bonchev–Trinajstić information content (AvgIpc) is 2.64. The van der Waals surface area contributed by atoms with Gasteiger partial charge in [-0.15, -0.1) is 0 Å². The summed E-state index contributed by atoms with van der Waals surface area (Å²) in [5, 5.41) is 5.64. The first-order valence-corrected chi connectivity index (χ1v) is 8.52. The van der Waals surface area contributed by atoms with Crippen molar-refractivity contribution in [1.29, 1.82) is 0 Å². The Morgan fingerprint density at radius 2 is 1.96 bits per heavy atom. The van der Waals surface area contributed by atoms with Crippen molar-refractivity contribution in [2.75, 3.05) is 19.6 Å². The molecule has 1 aromatic rings. The average molecular weight is 343 g/mol. The third kappa shape index (κ3) is 5.74. The highest BCUT2D eigenvalue weighted by Crippen LogP contribution is 2.16. The van der Waals surface area contributed by atoms with E-state index < -0.39 is 0 Å². The van der Waals surface area contributed by atoms with Crippen LogP contribution >= 0.6 is 0 Å². The molecule has 6 nitrogen and oxygen atoms in total. The SMILES string of the molecule is C=CC(=O)NCc1ccc(C(=O)NCC2CCCN(C(C)=O)C2)cc1. The number of hydrogen-bond donors (Lipinski definition) is 2. The zero-order chi connectivity index (χ0) is 18.2. The van der Waals surface area contributed by atoms with E-state index in [4.69, 9.17) is 0 Å². The van der Waals surface area contributed by atoms with Crippen LogP contribution in [0.25, 0.3) is 0 Å². The summed E-state index contributed by atoms with van der Waals surface area (Å²) in [5.74, 6) is 0.0423. The third-order valence-corrected chi connectivity index (χ3v) is 4.38. The molecule has 1 heterocycles. The number of nitrogens with one attached hydrogen (secondary N) is 2. The van der Waals surface area contributed by atoms with Crippen LogP contribution in [-0.4, -0.2) is 42.3 Å². The molecule has 0 saturated carbocycles. The Morgan fingerprint density at radius 1 is 1.24 bits per heavy atom. The highest BCUT2D eigenvalue weighted by molar-refractivity contribution is 5.94. The normalized spacial score (nSPS) is 16.8. The second-order valence-corrected chi connectivity index (χ2v) is 6.30. The van der Waals surface area contributed by atoms with Gasteiger partial charge in [0.05, 0.1) is 0 Å². The molecule has 2 N–H and O–H groups in total. The number of piperidine rings is 1. The molecule has 0 spiro atoms. The van der Waals surface area contributed by atoms with Gasteiger partial charge >= 0.3 is 0 Å². The van der Waals surface area contributed by atoms with Crippen molar-refractivity contribution in [2.24, 2.45) is 5.92 Å². The van der Waals surface area contributed by atoms with Gasteiger partial charge in [-0.05, 0) is 42.5 Å². The van der Waals surface area contributed by atoms with E-state index >= 15 is 0 Å². The van der Waals surface area contributed by atoms with Crippen molar-refractivity contribution in [1.82, 2.24) is 15.5 Å². The second kappa shape index (κ2) is 9.01. The molecule has 1 aromatic carbocycles. The summed E-state index contributed by atoms with van der Waals surface area (Å²) in [6, 6.07) is 7.12. The summed E-state index contributed by atoms with van der Waals surface area (Å²) in [7, 11) is 0. The van der Waals surface area contributed by atoms with Crippen molar-refractivity contribution in [2.45, 2.75) is 26.3 Å². The van der Waals surface area contributed by atoms with Crippen LogP contribution in [0.5, 0.6) is 0 Å². The quantitative estimate of drug-likeness (QED) is 0.768. The van der Waals surface area contributed by atoms with Gasteiger partial charge < -0.3 is 15.5 Å². The molecule has 1 atom stereocenters. The molecular weight excluding hydrogens is 318 g/mol. The molecule has 0 aliphatic carbocycles. The molecule has 3 amide bonds. The molecule has 1 aliphatic heterocycles.